The van der Waals surface area contributed by atoms with Crippen molar-refractivity contribution in [3.05, 3.63) is 36.3 Å². The van der Waals surface area contributed by atoms with Gasteiger partial charge in [0.25, 0.3) is 6.43 Å². The molecule has 0 saturated carbocycles. The van der Waals surface area contributed by atoms with Crippen LogP contribution in [0, 0.1) is 5.92 Å². The van der Waals surface area contributed by atoms with E-state index in [-0.39, 0.29) is 18.4 Å². The lowest BCUT2D eigenvalue weighted by molar-refractivity contribution is -0.141. The van der Waals surface area contributed by atoms with Gasteiger partial charge in [0.1, 0.15) is 23.6 Å². The summed E-state index contributed by atoms with van der Waals surface area (Å²) in [5.74, 6) is 0.664. The van der Waals surface area contributed by atoms with Crippen molar-refractivity contribution in [1.82, 2.24) is 24.7 Å². The zero-order valence-electron chi connectivity index (χ0n) is 16.3. The highest BCUT2D eigenvalue weighted by Crippen LogP contribution is 2.29. The van der Waals surface area contributed by atoms with Crippen LogP contribution in [0.2, 0.25) is 0 Å². The van der Waals surface area contributed by atoms with Gasteiger partial charge in [-0.2, -0.15) is 18.3 Å². The van der Waals surface area contributed by atoms with Crippen molar-refractivity contribution in [1.29, 1.82) is 0 Å². The largest absolute Gasteiger partial charge is 0.477 e. The highest BCUT2D eigenvalue weighted by molar-refractivity contribution is 5.71. The van der Waals surface area contributed by atoms with Crippen LogP contribution < -0.4 is 9.64 Å². The number of hydrogen-bond donors (Lipinski definition) is 0. The van der Waals surface area contributed by atoms with Crippen LogP contribution in [-0.2, 0) is 12.7 Å². The molecule has 31 heavy (non-hydrogen) atoms. The molecule has 0 atom stereocenters. The zero-order chi connectivity index (χ0) is 22.0. The molecule has 0 radical (unpaired) electrons. The van der Waals surface area contributed by atoms with Gasteiger partial charge in [0.2, 0.25) is 5.88 Å². The Hall–Kier alpha value is -3.05. The Morgan fingerprint density at radius 1 is 1.10 bits per heavy atom. The van der Waals surface area contributed by atoms with Crippen molar-refractivity contribution < 1.29 is 26.7 Å². The SMILES string of the molecule is FC(F)Cn1ncc2ncc(N3CCC(COc4cccc(C(F)(F)F)n4)CC3)nc21. The van der Waals surface area contributed by atoms with Crippen molar-refractivity contribution >= 4 is 17.0 Å². The number of halogens is 5. The molecule has 166 valence electrons. The van der Waals surface area contributed by atoms with E-state index in [1.54, 1.807) is 6.20 Å². The Balaban J connectivity index is 1.35. The van der Waals surface area contributed by atoms with Crippen LogP contribution in [0.1, 0.15) is 18.5 Å². The van der Waals surface area contributed by atoms with Crippen LogP contribution >= 0.6 is 0 Å². The molecular weight excluding hydrogens is 423 g/mol. The minimum atomic E-state index is -4.52. The Morgan fingerprint density at radius 2 is 1.87 bits per heavy atom. The van der Waals surface area contributed by atoms with Crippen LogP contribution in [0.3, 0.4) is 0 Å². The molecule has 12 heteroatoms. The second kappa shape index (κ2) is 8.60. The fourth-order valence-electron chi connectivity index (χ4n) is 3.44. The first-order valence-electron chi connectivity index (χ1n) is 9.68. The van der Waals surface area contributed by atoms with Crippen molar-refractivity contribution in [2.75, 3.05) is 24.6 Å². The molecule has 0 N–H and O–H groups in total. The molecule has 1 aliphatic rings. The van der Waals surface area contributed by atoms with E-state index >= 15 is 0 Å². The van der Waals surface area contributed by atoms with Crippen LogP contribution in [0.5, 0.6) is 5.88 Å². The molecule has 4 heterocycles. The summed E-state index contributed by atoms with van der Waals surface area (Å²) < 4.78 is 70.3. The maximum atomic E-state index is 12.8. The van der Waals surface area contributed by atoms with Gasteiger partial charge in [-0.05, 0) is 24.8 Å². The van der Waals surface area contributed by atoms with Gasteiger partial charge < -0.3 is 9.64 Å². The number of nitrogens with zero attached hydrogens (tertiary/aromatic N) is 6. The molecule has 1 aliphatic heterocycles. The number of hydrogen-bond acceptors (Lipinski definition) is 6. The Morgan fingerprint density at radius 3 is 2.58 bits per heavy atom. The van der Waals surface area contributed by atoms with Crippen molar-refractivity contribution in [3.63, 3.8) is 0 Å². The second-order valence-corrected chi connectivity index (χ2v) is 7.26. The normalized spacial score (nSPS) is 15.7. The maximum absolute atomic E-state index is 12.8. The molecule has 0 aromatic carbocycles. The van der Waals surface area contributed by atoms with E-state index in [4.69, 9.17) is 4.74 Å². The van der Waals surface area contributed by atoms with Gasteiger partial charge in [0.05, 0.1) is 19.0 Å². The molecule has 3 aromatic rings. The average molecular weight is 442 g/mol. The predicted octanol–water partition coefficient (Wildman–Crippen LogP) is 3.80. The number of aromatic nitrogens is 5. The van der Waals surface area contributed by atoms with Gasteiger partial charge in [-0.25, -0.2) is 28.4 Å². The summed E-state index contributed by atoms with van der Waals surface area (Å²) >= 11 is 0. The molecule has 7 nitrogen and oxygen atoms in total. The molecular formula is C19H19F5N6O. The van der Waals surface area contributed by atoms with Crippen molar-refractivity contribution in [3.8, 4) is 5.88 Å². The highest BCUT2D eigenvalue weighted by atomic mass is 19.4. The predicted molar refractivity (Wildman–Crippen MR) is 101 cm³/mol. The van der Waals surface area contributed by atoms with E-state index in [9.17, 15) is 22.0 Å². The van der Waals surface area contributed by atoms with Crippen molar-refractivity contribution in [2.24, 2.45) is 5.92 Å². The third kappa shape index (κ3) is 5.00. The smallest absolute Gasteiger partial charge is 0.433 e. The first-order valence-corrected chi connectivity index (χ1v) is 9.68. The Kier molecular flexibility index (Phi) is 5.88. The number of piperidine rings is 1. The topological polar surface area (TPSA) is 69.0 Å². The van der Waals surface area contributed by atoms with Gasteiger partial charge in [-0.3, -0.25) is 0 Å². The van der Waals surface area contributed by atoms with Crippen LogP contribution in [0.15, 0.2) is 30.6 Å². The van der Waals surface area contributed by atoms with Gasteiger partial charge in [0, 0.05) is 19.2 Å². The molecule has 0 unspecified atom stereocenters. The van der Waals surface area contributed by atoms with E-state index in [1.807, 2.05) is 4.90 Å². The molecule has 1 saturated heterocycles. The standard InChI is InChI=1S/C19H19F5N6O/c20-15(21)10-30-18-13(8-26-30)25-9-16(28-18)29-6-4-12(5-7-29)11-31-17-3-1-2-14(27-17)19(22,23)24/h1-3,8-9,12,15H,4-7,10-11H2. The summed E-state index contributed by atoms with van der Waals surface area (Å²) in [4.78, 5) is 14.2. The molecule has 0 spiro atoms. The highest BCUT2D eigenvalue weighted by Gasteiger charge is 2.32. The summed E-state index contributed by atoms with van der Waals surface area (Å²) in [5, 5.41) is 3.91. The van der Waals surface area contributed by atoms with E-state index < -0.39 is 24.8 Å². The van der Waals surface area contributed by atoms with Crippen LogP contribution in [0.4, 0.5) is 27.8 Å². The molecule has 4 rings (SSSR count). The first-order chi connectivity index (χ1) is 14.8. The third-order valence-corrected chi connectivity index (χ3v) is 5.06. The third-order valence-electron chi connectivity index (χ3n) is 5.06. The molecule has 1 fully saturated rings. The van der Waals surface area contributed by atoms with Crippen LogP contribution in [-0.4, -0.2) is 50.9 Å². The van der Waals surface area contributed by atoms with Gasteiger partial charge >= 0.3 is 6.18 Å². The van der Waals surface area contributed by atoms with Crippen LogP contribution in [0.25, 0.3) is 11.2 Å². The van der Waals surface area contributed by atoms with E-state index in [2.05, 4.69) is 20.1 Å². The summed E-state index contributed by atoms with van der Waals surface area (Å²) in [5.41, 5.74) is -0.236. The Labute approximate surface area is 173 Å². The lowest BCUT2D eigenvalue weighted by Gasteiger charge is -2.32. The number of ether oxygens (including phenoxy) is 1. The number of fused-ring (bicyclic) bond motifs is 1. The fraction of sp³-hybridized carbons (Fsp3) is 0.474. The monoisotopic (exact) mass is 442 g/mol. The average Bonchev–Trinajstić information content (AvgIpc) is 3.14. The van der Waals surface area contributed by atoms with E-state index in [0.29, 0.717) is 30.1 Å². The van der Waals surface area contributed by atoms with Gasteiger partial charge in [-0.1, -0.05) is 6.07 Å². The van der Waals surface area contributed by atoms with Crippen molar-refractivity contribution in [2.45, 2.75) is 32.0 Å². The minimum absolute atomic E-state index is 0.0548. The summed E-state index contributed by atoms with van der Waals surface area (Å²) in [7, 11) is 0. The van der Waals surface area contributed by atoms with E-state index in [1.165, 1.54) is 18.3 Å². The molecule has 3 aromatic heterocycles. The number of pyridine rings is 1. The minimum Gasteiger partial charge on any atom is -0.477 e. The fourth-order valence-corrected chi connectivity index (χ4v) is 3.44. The number of anilines is 1. The number of rotatable bonds is 6. The van der Waals surface area contributed by atoms with E-state index in [0.717, 1.165) is 23.6 Å². The number of alkyl halides is 5. The Bertz CT molecular complexity index is 1030. The van der Waals surface area contributed by atoms with Gasteiger partial charge in [-0.15, -0.1) is 0 Å². The summed E-state index contributed by atoms with van der Waals surface area (Å²) in [6, 6.07) is 3.57. The molecule has 0 amide bonds. The lowest BCUT2D eigenvalue weighted by Crippen LogP contribution is -2.36. The summed E-state index contributed by atoms with van der Waals surface area (Å²) in [6.07, 6.45) is -2.61. The first kappa shape index (κ1) is 21.2. The molecule has 0 bridgehead atoms. The summed E-state index contributed by atoms with van der Waals surface area (Å²) in [6.45, 7) is 0.971. The lowest BCUT2D eigenvalue weighted by atomic mass is 9.98. The van der Waals surface area contributed by atoms with Gasteiger partial charge in [0.15, 0.2) is 5.65 Å². The quantitative estimate of drug-likeness (QED) is 0.541. The zero-order valence-corrected chi connectivity index (χ0v) is 16.3. The maximum Gasteiger partial charge on any atom is 0.433 e. The second-order valence-electron chi connectivity index (χ2n) is 7.26. The molecule has 0 aliphatic carbocycles.